The fourth-order valence-corrected chi connectivity index (χ4v) is 2.07. The molecule has 0 aromatic heterocycles. The number of ether oxygens (including phenoxy) is 2. The first-order valence-corrected chi connectivity index (χ1v) is 6.47. The van der Waals surface area contributed by atoms with Gasteiger partial charge in [-0.25, -0.2) is 0 Å². The summed E-state index contributed by atoms with van der Waals surface area (Å²) < 4.78 is 45.8. The molecule has 20 heavy (non-hydrogen) atoms. The summed E-state index contributed by atoms with van der Waals surface area (Å²) in [5, 5.41) is 3.39. The normalized spacial score (nSPS) is 23.1. The highest BCUT2D eigenvalue weighted by atomic mass is 19.4. The minimum atomic E-state index is -4.66. The molecule has 1 aliphatic rings. The summed E-state index contributed by atoms with van der Waals surface area (Å²) in [6.07, 6.45) is -3.93. The van der Waals surface area contributed by atoms with Gasteiger partial charge < -0.3 is 14.8 Å². The van der Waals surface area contributed by atoms with Gasteiger partial charge in [0.2, 0.25) is 0 Å². The molecule has 1 aromatic carbocycles. The van der Waals surface area contributed by atoms with Crippen LogP contribution >= 0.6 is 0 Å². The summed E-state index contributed by atoms with van der Waals surface area (Å²) in [6.45, 7) is 5.44. The fourth-order valence-electron chi connectivity index (χ4n) is 2.07. The average Bonchev–Trinajstić information content (AvgIpc) is 2.49. The van der Waals surface area contributed by atoms with Crippen LogP contribution < -0.4 is 10.1 Å². The maximum atomic E-state index is 12.1. The van der Waals surface area contributed by atoms with Crippen LogP contribution in [0.1, 0.15) is 31.9 Å². The van der Waals surface area contributed by atoms with Crippen LogP contribution in [0.5, 0.6) is 5.75 Å². The van der Waals surface area contributed by atoms with E-state index in [2.05, 4.69) is 23.9 Å². The van der Waals surface area contributed by atoms with Crippen molar-refractivity contribution in [2.24, 2.45) is 0 Å². The van der Waals surface area contributed by atoms with Gasteiger partial charge in [0.05, 0.1) is 6.10 Å². The van der Waals surface area contributed by atoms with Gasteiger partial charge in [0.1, 0.15) is 5.75 Å². The molecule has 0 radical (unpaired) electrons. The Kier molecular flexibility index (Phi) is 4.25. The summed E-state index contributed by atoms with van der Waals surface area (Å²) >= 11 is 0. The quantitative estimate of drug-likeness (QED) is 0.905. The molecule has 1 fully saturated rings. The average molecular weight is 289 g/mol. The Morgan fingerprint density at radius 1 is 1.25 bits per heavy atom. The van der Waals surface area contributed by atoms with E-state index < -0.39 is 6.36 Å². The molecule has 6 heteroatoms. The summed E-state index contributed by atoms with van der Waals surface area (Å²) in [6, 6.07) is 5.82. The molecule has 1 aromatic rings. The Labute approximate surface area is 116 Å². The van der Waals surface area contributed by atoms with Gasteiger partial charge in [0.15, 0.2) is 0 Å². The maximum absolute atomic E-state index is 12.1. The van der Waals surface area contributed by atoms with Crippen molar-refractivity contribution in [3.8, 4) is 5.75 Å². The fraction of sp³-hybridized carbons (Fsp3) is 0.571. The zero-order chi connectivity index (χ0) is 14.8. The van der Waals surface area contributed by atoms with Crippen molar-refractivity contribution in [2.45, 2.75) is 38.3 Å². The van der Waals surface area contributed by atoms with E-state index >= 15 is 0 Å². The minimum absolute atomic E-state index is 0.00802. The largest absolute Gasteiger partial charge is 0.573 e. The third-order valence-corrected chi connectivity index (χ3v) is 3.30. The van der Waals surface area contributed by atoms with Crippen molar-refractivity contribution < 1.29 is 22.6 Å². The minimum Gasteiger partial charge on any atom is -0.406 e. The Morgan fingerprint density at radius 2 is 1.90 bits per heavy atom. The predicted octanol–water partition coefficient (Wildman–Crippen LogP) is 3.41. The summed E-state index contributed by atoms with van der Waals surface area (Å²) in [7, 11) is 0. The second kappa shape index (κ2) is 5.61. The molecule has 1 heterocycles. The van der Waals surface area contributed by atoms with Crippen molar-refractivity contribution in [3.05, 3.63) is 29.8 Å². The van der Waals surface area contributed by atoms with Crippen LogP contribution in [0.3, 0.4) is 0 Å². The van der Waals surface area contributed by atoms with E-state index in [0.717, 1.165) is 12.0 Å². The van der Waals surface area contributed by atoms with Crippen LogP contribution in [-0.2, 0) is 4.74 Å². The van der Waals surface area contributed by atoms with Gasteiger partial charge in [-0.3, -0.25) is 0 Å². The zero-order valence-electron chi connectivity index (χ0n) is 11.5. The molecule has 1 N–H and O–H groups in total. The number of hydrogen-bond donors (Lipinski definition) is 1. The van der Waals surface area contributed by atoms with Gasteiger partial charge in [0, 0.05) is 18.7 Å². The van der Waals surface area contributed by atoms with Crippen molar-refractivity contribution in [2.75, 3.05) is 13.2 Å². The lowest BCUT2D eigenvalue weighted by molar-refractivity contribution is -0.274. The van der Waals surface area contributed by atoms with Crippen molar-refractivity contribution >= 4 is 0 Å². The van der Waals surface area contributed by atoms with E-state index in [9.17, 15) is 13.2 Å². The number of hydrogen-bond acceptors (Lipinski definition) is 3. The lowest BCUT2D eigenvalue weighted by Gasteiger charge is -2.23. The topological polar surface area (TPSA) is 30.5 Å². The SMILES string of the molecule is CC1(C)CCOC(c2ccc(OC(F)(F)F)cc2)CN1. The molecule has 1 atom stereocenters. The second-order valence-electron chi connectivity index (χ2n) is 5.49. The van der Waals surface area contributed by atoms with Gasteiger partial charge in [0.25, 0.3) is 0 Å². The van der Waals surface area contributed by atoms with Crippen molar-refractivity contribution in [3.63, 3.8) is 0 Å². The van der Waals surface area contributed by atoms with Crippen LogP contribution in [0.2, 0.25) is 0 Å². The number of rotatable bonds is 2. The van der Waals surface area contributed by atoms with Crippen molar-refractivity contribution in [1.29, 1.82) is 0 Å². The molecule has 1 unspecified atom stereocenters. The molecule has 1 saturated heterocycles. The summed E-state index contributed by atoms with van der Waals surface area (Å²) in [5.41, 5.74) is 0.846. The van der Waals surface area contributed by atoms with Gasteiger partial charge in [-0.2, -0.15) is 0 Å². The van der Waals surface area contributed by atoms with E-state index in [1.807, 2.05) is 0 Å². The highest BCUT2D eigenvalue weighted by molar-refractivity contribution is 5.29. The van der Waals surface area contributed by atoms with E-state index in [-0.39, 0.29) is 17.4 Å². The molecule has 0 aliphatic carbocycles. The van der Waals surface area contributed by atoms with Crippen LogP contribution in [0, 0.1) is 0 Å². The molecule has 0 bridgehead atoms. The molecule has 3 nitrogen and oxygen atoms in total. The summed E-state index contributed by atoms with van der Waals surface area (Å²) in [5.74, 6) is -0.219. The van der Waals surface area contributed by atoms with Crippen LogP contribution in [-0.4, -0.2) is 25.1 Å². The van der Waals surface area contributed by atoms with E-state index in [1.54, 1.807) is 12.1 Å². The molecule has 112 valence electrons. The molecule has 0 saturated carbocycles. The smallest absolute Gasteiger partial charge is 0.406 e. The Bertz CT molecular complexity index is 443. The van der Waals surface area contributed by atoms with E-state index in [0.29, 0.717) is 13.2 Å². The number of halogens is 3. The lowest BCUT2D eigenvalue weighted by atomic mass is 10.0. The summed E-state index contributed by atoms with van der Waals surface area (Å²) in [4.78, 5) is 0. The third-order valence-electron chi connectivity index (χ3n) is 3.30. The highest BCUT2D eigenvalue weighted by Crippen LogP contribution is 2.27. The number of benzene rings is 1. The zero-order valence-corrected chi connectivity index (χ0v) is 11.5. The second-order valence-corrected chi connectivity index (χ2v) is 5.49. The van der Waals surface area contributed by atoms with Gasteiger partial charge in [-0.1, -0.05) is 12.1 Å². The van der Waals surface area contributed by atoms with Crippen LogP contribution in [0.15, 0.2) is 24.3 Å². The predicted molar refractivity (Wildman–Crippen MR) is 68.5 cm³/mol. The lowest BCUT2D eigenvalue weighted by Crippen LogP contribution is -2.39. The maximum Gasteiger partial charge on any atom is 0.573 e. The molecule has 2 rings (SSSR count). The van der Waals surface area contributed by atoms with Gasteiger partial charge in [-0.05, 0) is 38.0 Å². The third kappa shape index (κ3) is 4.38. The monoisotopic (exact) mass is 289 g/mol. The molecular weight excluding hydrogens is 271 g/mol. The number of nitrogens with one attached hydrogen (secondary N) is 1. The van der Waals surface area contributed by atoms with Crippen molar-refractivity contribution in [1.82, 2.24) is 5.32 Å². The first-order chi connectivity index (χ1) is 9.25. The molecule has 1 aliphatic heterocycles. The van der Waals surface area contributed by atoms with Crippen LogP contribution in [0.4, 0.5) is 13.2 Å². The van der Waals surface area contributed by atoms with E-state index in [1.165, 1.54) is 12.1 Å². The Balaban J connectivity index is 2.03. The molecular formula is C14H18F3NO2. The Hall–Kier alpha value is -1.27. The van der Waals surface area contributed by atoms with Gasteiger partial charge >= 0.3 is 6.36 Å². The van der Waals surface area contributed by atoms with Crippen LogP contribution in [0.25, 0.3) is 0 Å². The Morgan fingerprint density at radius 3 is 2.50 bits per heavy atom. The first kappa shape index (κ1) is 15.1. The highest BCUT2D eigenvalue weighted by Gasteiger charge is 2.31. The molecule has 0 spiro atoms. The van der Waals surface area contributed by atoms with Gasteiger partial charge in [-0.15, -0.1) is 13.2 Å². The first-order valence-electron chi connectivity index (χ1n) is 6.47. The standard InChI is InChI=1S/C14H18F3NO2/c1-13(2)7-8-19-12(9-18-13)10-3-5-11(6-4-10)20-14(15,16)17/h3-6,12,18H,7-9H2,1-2H3. The number of alkyl halides is 3. The molecule has 0 amide bonds. The van der Waals surface area contributed by atoms with E-state index in [4.69, 9.17) is 4.74 Å².